The molecule has 0 atom stereocenters. The van der Waals surface area contributed by atoms with E-state index in [1.54, 1.807) is 13.2 Å². The van der Waals surface area contributed by atoms with E-state index in [2.05, 4.69) is 20.7 Å². The van der Waals surface area contributed by atoms with Crippen LogP contribution in [0.2, 0.25) is 0 Å². The fraction of sp³-hybridized carbons (Fsp3) is 0.120. The van der Waals surface area contributed by atoms with Crippen LogP contribution in [0.3, 0.4) is 0 Å². The zero-order valence-electron chi connectivity index (χ0n) is 19.0. The Morgan fingerprint density at radius 3 is 2.49 bits per heavy atom. The maximum absolute atomic E-state index is 12.4. The first-order valence-electron chi connectivity index (χ1n) is 10.6. The molecule has 4 rings (SSSR count). The summed E-state index contributed by atoms with van der Waals surface area (Å²) in [7, 11) is 1.61. The van der Waals surface area contributed by atoms with Gasteiger partial charge in [-0.3, -0.25) is 9.36 Å². The summed E-state index contributed by atoms with van der Waals surface area (Å²) in [5.74, 6) is 0.617. The van der Waals surface area contributed by atoms with E-state index in [1.165, 1.54) is 30.1 Å². The first-order chi connectivity index (χ1) is 16.9. The number of methoxy groups -OCH3 is 1. The molecule has 35 heavy (non-hydrogen) atoms. The van der Waals surface area contributed by atoms with Crippen LogP contribution in [0.1, 0.15) is 11.1 Å². The number of carbonyl (C=O) groups excluding carboxylic acids is 1. The highest BCUT2D eigenvalue weighted by Crippen LogP contribution is 2.29. The second-order valence-electron chi connectivity index (χ2n) is 7.54. The van der Waals surface area contributed by atoms with Gasteiger partial charge >= 0.3 is 0 Å². The lowest BCUT2D eigenvalue weighted by Crippen LogP contribution is -2.20. The number of aromatic nitrogens is 3. The Labute approximate surface area is 206 Å². The van der Waals surface area contributed by atoms with Gasteiger partial charge in [-0.2, -0.15) is 5.10 Å². The Bertz CT molecular complexity index is 1350. The molecule has 10 heteroatoms. The van der Waals surface area contributed by atoms with Gasteiger partial charge < -0.3 is 14.9 Å². The van der Waals surface area contributed by atoms with E-state index < -0.39 is 0 Å². The lowest BCUT2D eigenvalue weighted by Gasteiger charge is -2.11. The largest absolute Gasteiger partial charge is 0.504 e. The van der Waals surface area contributed by atoms with E-state index in [9.17, 15) is 15.0 Å². The van der Waals surface area contributed by atoms with Crippen molar-refractivity contribution in [3.05, 3.63) is 77.9 Å². The van der Waals surface area contributed by atoms with Crippen LogP contribution < -0.4 is 10.2 Å². The quantitative estimate of drug-likeness (QED) is 0.148. The number of hydrogen-bond donors (Lipinski definition) is 3. The smallest absolute Gasteiger partial charge is 0.250 e. The van der Waals surface area contributed by atoms with Crippen molar-refractivity contribution in [3.8, 4) is 34.3 Å². The number of benzene rings is 3. The van der Waals surface area contributed by atoms with Gasteiger partial charge in [-0.15, -0.1) is 10.2 Å². The van der Waals surface area contributed by atoms with Gasteiger partial charge in [0.05, 0.1) is 19.1 Å². The van der Waals surface area contributed by atoms with Crippen molar-refractivity contribution in [3.63, 3.8) is 0 Å². The summed E-state index contributed by atoms with van der Waals surface area (Å²) >= 11 is 1.23. The van der Waals surface area contributed by atoms with Crippen LogP contribution in [0.5, 0.6) is 17.2 Å². The molecule has 0 bridgehead atoms. The molecule has 0 fully saturated rings. The number of rotatable bonds is 8. The number of phenolic OH excluding ortho intramolecular Hbond substituents is 2. The van der Waals surface area contributed by atoms with Gasteiger partial charge in [0, 0.05) is 11.3 Å². The number of aryl methyl sites for hydroxylation is 1. The molecule has 1 amide bonds. The maximum Gasteiger partial charge on any atom is 0.250 e. The van der Waals surface area contributed by atoms with Gasteiger partial charge in [0.2, 0.25) is 0 Å². The Kier molecular flexibility index (Phi) is 7.32. The maximum atomic E-state index is 12.4. The summed E-state index contributed by atoms with van der Waals surface area (Å²) in [6.45, 7) is 2.01. The normalized spacial score (nSPS) is 11.0. The second kappa shape index (κ2) is 10.7. The average Bonchev–Trinajstić information content (AvgIpc) is 3.29. The molecule has 0 spiro atoms. The van der Waals surface area contributed by atoms with E-state index in [-0.39, 0.29) is 23.2 Å². The van der Waals surface area contributed by atoms with Gasteiger partial charge in [-0.25, -0.2) is 5.43 Å². The Hall–Kier alpha value is -4.31. The van der Waals surface area contributed by atoms with Crippen LogP contribution in [0.15, 0.2) is 77.0 Å². The van der Waals surface area contributed by atoms with Gasteiger partial charge in [0.15, 0.2) is 22.5 Å². The van der Waals surface area contributed by atoms with E-state index >= 15 is 0 Å². The second-order valence-corrected chi connectivity index (χ2v) is 8.48. The van der Waals surface area contributed by atoms with Crippen molar-refractivity contribution in [2.75, 3.05) is 12.9 Å². The van der Waals surface area contributed by atoms with Crippen molar-refractivity contribution in [1.82, 2.24) is 20.2 Å². The SMILES string of the molecule is COc1ccc(-c2nnc(SCC(=O)N/N=C/c3ccc(O)c(O)c3)n2-c2ccc(C)cc2)cc1. The molecule has 3 aromatic carbocycles. The summed E-state index contributed by atoms with van der Waals surface area (Å²) < 4.78 is 7.15. The van der Waals surface area contributed by atoms with Crippen molar-refractivity contribution in [2.24, 2.45) is 5.10 Å². The molecule has 0 aliphatic rings. The predicted octanol–water partition coefficient (Wildman–Crippen LogP) is 3.90. The number of thioether (sulfide) groups is 1. The first-order valence-corrected chi connectivity index (χ1v) is 11.6. The number of carbonyl (C=O) groups is 1. The molecule has 0 radical (unpaired) electrons. The number of nitrogens with zero attached hydrogens (tertiary/aromatic N) is 4. The van der Waals surface area contributed by atoms with Crippen LogP contribution in [-0.2, 0) is 4.79 Å². The van der Waals surface area contributed by atoms with E-state index in [4.69, 9.17) is 4.74 Å². The zero-order chi connectivity index (χ0) is 24.8. The molecule has 0 aliphatic heterocycles. The number of phenols is 2. The third kappa shape index (κ3) is 5.79. The average molecular weight is 490 g/mol. The van der Waals surface area contributed by atoms with Crippen molar-refractivity contribution < 1.29 is 19.7 Å². The van der Waals surface area contributed by atoms with Crippen molar-refractivity contribution in [1.29, 1.82) is 0 Å². The summed E-state index contributed by atoms with van der Waals surface area (Å²) in [6, 6.07) is 19.7. The molecule has 0 saturated heterocycles. The molecule has 9 nitrogen and oxygen atoms in total. The minimum atomic E-state index is -0.335. The molecule has 1 aromatic heterocycles. The molecule has 0 aliphatic carbocycles. The van der Waals surface area contributed by atoms with Crippen LogP contribution in [0.4, 0.5) is 0 Å². The number of aromatic hydroxyl groups is 2. The van der Waals surface area contributed by atoms with Crippen molar-refractivity contribution >= 4 is 23.9 Å². The van der Waals surface area contributed by atoms with Gasteiger partial charge in [0.25, 0.3) is 5.91 Å². The van der Waals surface area contributed by atoms with Crippen LogP contribution in [0, 0.1) is 6.92 Å². The molecule has 3 N–H and O–H groups in total. The fourth-order valence-electron chi connectivity index (χ4n) is 3.18. The molecule has 4 aromatic rings. The van der Waals surface area contributed by atoms with Gasteiger partial charge in [-0.1, -0.05) is 29.5 Å². The van der Waals surface area contributed by atoms with E-state index in [0.29, 0.717) is 16.5 Å². The topological polar surface area (TPSA) is 122 Å². The molecule has 0 unspecified atom stereocenters. The third-order valence-electron chi connectivity index (χ3n) is 5.01. The standard InChI is InChI=1S/C25H23N5O4S/c1-16-3-8-19(9-4-16)30-24(18-6-10-20(34-2)11-7-18)28-29-25(30)35-15-23(33)27-26-14-17-5-12-21(31)22(32)13-17/h3-14,31-32H,15H2,1-2H3,(H,27,33)/b26-14+. The Balaban J connectivity index is 1.51. The van der Waals surface area contributed by atoms with Gasteiger partial charge in [0.1, 0.15) is 5.75 Å². The summed E-state index contributed by atoms with van der Waals surface area (Å²) in [6.07, 6.45) is 1.37. The lowest BCUT2D eigenvalue weighted by atomic mass is 10.2. The molecular weight excluding hydrogens is 466 g/mol. The number of hydrogen-bond acceptors (Lipinski definition) is 8. The monoisotopic (exact) mass is 489 g/mol. The molecule has 178 valence electrons. The number of nitrogens with one attached hydrogen (secondary N) is 1. The predicted molar refractivity (Wildman–Crippen MR) is 134 cm³/mol. The van der Waals surface area contributed by atoms with Crippen molar-refractivity contribution in [2.45, 2.75) is 12.1 Å². The highest BCUT2D eigenvalue weighted by Gasteiger charge is 2.17. The van der Waals surface area contributed by atoms with E-state index in [1.807, 2.05) is 60.0 Å². The summed E-state index contributed by atoms with van der Waals surface area (Å²) in [5, 5.41) is 32.1. The van der Waals surface area contributed by atoms with Crippen LogP contribution in [-0.4, -0.2) is 50.0 Å². The summed E-state index contributed by atoms with van der Waals surface area (Å²) in [4.78, 5) is 12.4. The Morgan fingerprint density at radius 2 is 1.80 bits per heavy atom. The highest BCUT2D eigenvalue weighted by atomic mass is 32.2. The minimum absolute atomic E-state index is 0.0603. The number of amides is 1. The Morgan fingerprint density at radius 1 is 1.06 bits per heavy atom. The lowest BCUT2D eigenvalue weighted by molar-refractivity contribution is -0.118. The first kappa shape index (κ1) is 23.8. The zero-order valence-corrected chi connectivity index (χ0v) is 19.9. The molecule has 0 saturated carbocycles. The number of ether oxygens (including phenoxy) is 1. The summed E-state index contributed by atoms with van der Waals surface area (Å²) in [5.41, 5.74) is 5.83. The highest BCUT2D eigenvalue weighted by molar-refractivity contribution is 7.99. The molecule has 1 heterocycles. The minimum Gasteiger partial charge on any atom is -0.504 e. The van der Waals surface area contributed by atoms with E-state index in [0.717, 1.165) is 22.6 Å². The van der Waals surface area contributed by atoms with Crippen LogP contribution >= 0.6 is 11.8 Å². The van der Waals surface area contributed by atoms with Crippen LogP contribution in [0.25, 0.3) is 17.1 Å². The fourth-order valence-corrected chi connectivity index (χ4v) is 3.92. The van der Waals surface area contributed by atoms with Gasteiger partial charge in [-0.05, 0) is 67.1 Å². The third-order valence-corrected chi connectivity index (χ3v) is 5.94. The molecular formula is C25H23N5O4S. The number of hydrazone groups is 1.